The average molecular weight is 192 g/mol. The average Bonchev–Trinajstić information content (AvgIpc) is 2.41. The van der Waals surface area contributed by atoms with Crippen LogP contribution in [0.2, 0.25) is 0 Å². The van der Waals surface area contributed by atoms with Gasteiger partial charge < -0.3 is 15.8 Å². The molecule has 4 nitrogen and oxygen atoms in total. The van der Waals surface area contributed by atoms with Crippen molar-refractivity contribution in [1.82, 2.24) is 0 Å². The van der Waals surface area contributed by atoms with Crippen molar-refractivity contribution in [3.63, 3.8) is 0 Å². The topological polar surface area (TPSA) is 64.4 Å². The van der Waals surface area contributed by atoms with Gasteiger partial charge in [-0.15, -0.1) is 0 Å². The summed E-state index contributed by atoms with van der Waals surface area (Å²) in [6.07, 6.45) is 0.959. The largest absolute Gasteiger partial charge is 0.491 e. The van der Waals surface area contributed by atoms with Crippen LogP contribution in [0.25, 0.3) is 0 Å². The summed E-state index contributed by atoms with van der Waals surface area (Å²) in [4.78, 5) is 10.9. The molecule has 1 aliphatic heterocycles. The van der Waals surface area contributed by atoms with Gasteiger partial charge in [0.1, 0.15) is 5.75 Å². The Labute approximate surface area is 82.1 Å². The van der Waals surface area contributed by atoms with Crippen molar-refractivity contribution >= 4 is 11.6 Å². The van der Waals surface area contributed by atoms with E-state index in [1.165, 1.54) is 0 Å². The minimum atomic E-state index is -0.418. The van der Waals surface area contributed by atoms with Crippen LogP contribution in [0.1, 0.15) is 16.8 Å². The van der Waals surface area contributed by atoms with E-state index in [1.54, 1.807) is 18.2 Å². The van der Waals surface area contributed by atoms with E-state index >= 15 is 0 Å². The van der Waals surface area contributed by atoms with Gasteiger partial charge >= 0.3 is 0 Å². The molecule has 14 heavy (non-hydrogen) atoms. The Balaban J connectivity index is 2.37. The second-order valence-corrected chi connectivity index (χ2v) is 3.20. The van der Waals surface area contributed by atoms with Crippen LogP contribution < -0.4 is 15.8 Å². The van der Waals surface area contributed by atoms with Crippen LogP contribution in [0.15, 0.2) is 18.2 Å². The summed E-state index contributed by atoms with van der Waals surface area (Å²) < 4.78 is 5.47. The Morgan fingerprint density at radius 1 is 1.50 bits per heavy atom. The standard InChI is InChI=1S/C10H12N2O2/c11-10(13)7-2-3-9-8(6-7)12-4-1-5-14-9/h2-3,6,12H,1,4-5H2,(H2,11,13). The normalized spacial score (nSPS) is 14.6. The van der Waals surface area contributed by atoms with Crippen molar-refractivity contribution in [3.05, 3.63) is 23.8 Å². The van der Waals surface area contributed by atoms with E-state index in [4.69, 9.17) is 10.5 Å². The summed E-state index contributed by atoms with van der Waals surface area (Å²) in [6.45, 7) is 1.56. The molecule has 1 aliphatic rings. The van der Waals surface area contributed by atoms with Crippen LogP contribution in [0.3, 0.4) is 0 Å². The van der Waals surface area contributed by atoms with E-state index in [2.05, 4.69) is 5.32 Å². The summed E-state index contributed by atoms with van der Waals surface area (Å²) in [7, 11) is 0. The molecule has 2 rings (SSSR count). The molecule has 1 aromatic carbocycles. The molecule has 0 saturated heterocycles. The van der Waals surface area contributed by atoms with Crippen molar-refractivity contribution in [2.75, 3.05) is 18.5 Å². The molecule has 74 valence electrons. The number of fused-ring (bicyclic) bond motifs is 1. The summed E-state index contributed by atoms with van der Waals surface area (Å²) in [5.74, 6) is 0.367. The van der Waals surface area contributed by atoms with E-state index < -0.39 is 5.91 Å². The van der Waals surface area contributed by atoms with Crippen LogP contribution in [-0.4, -0.2) is 19.1 Å². The molecule has 4 heteroatoms. The minimum Gasteiger partial charge on any atom is -0.491 e. The van der Waals surface area contributed by atoms with Gasteiger partial charge in [-0.25, -0.2) is 0 Å². The SMILES string of the molecule is NC(=O)c1ccc2c(c1)NCCCO2. The number of rotatable bonds is 1. The predicted octanol–water partition coefficient (Wildman–Crippen LogP) is 0.980. The fourth-order valence-electron chi connectivity index (χ4n) is 1.42. The van der Waals surface area contributed by atoms with Crippen LogP contribution in [0.5, 0.6) is 5.75 Å². The molecule has 0 radical (unpaired) electrons. The Hall–Kier alpha value is -1.71. The highest BCUT2D eigenvalue weighted by molar-refractivity contribution is 5.94. The third-order valence-electron chi connectivity index (χ3n) is 2.16. The Morgan fingerprint density at radius 3 is 3.14 bits per heavy atom. The second-order valence-electron chi connectivity index (χ2n) is 3.20. The number of carbonyl (C=O) groups excluding carboxylic acids is 1. The van der Waals surface area contributed by atoms with Gasteiger partial charge in [-0.05, 0) is 24.6 Å². The number of primary amides is 1. The van der Waals surface area contributed by atoms with Crippen LogP contribution in [0, 0.1) is 0 Å². The number of hydrogen-bond acceptors (Lipinski definition) is 3. The third-order valence-corrected chi connectivity index (χ3v) is 2.16. The Kier molecular flexibility index (Phi) is 2.26. The molecule has 1 heterocycles. The van der Waals surface area contributed by atoms with Crippen LogP contribution in [-0.2, 0) is 0 Å². The fourth-order valence-corrected chi connectivity index (χ4v) is 1.42. The summed E-state index contributed by atoms with van der Waals surface area (Å²) in [5.41, 5.74) is 6.53. The van der Waals surface area contributed by atoms with Crippen molar-refractivity contribution in [1.29, 1.82) is 0 Å². The molecule has 0 atom stereocenters. The number of anilines is 1. The first-order chi connectivity index (χ1) is 6.77. The quantitative estimate of drug-likeness (QED) is 0.697. The summed E-state index contributed by atoms with van der Waals surface area (Å²) in [6, 6.07) is 5.17. The third kappa shape index (κ3) is 1.64. The number of ether oxygens (including phenoxy) is 1. The number of carbonyl (C=O) groups is 1. The van der Waals surface area contributed by atoms with Gasteiger partial charge in [0, 0.05) is 12.1 Å². The first-order valence-electron chi connectivity index (χ1n) is 4.58. The van der Waals surface area contributed by atoms with E-state index in [1.807, 2.05) is 0 Å². The Bertz CT molecular complexity index is 363. The van der Waals surface area contributed by atoms with Gasteiger partial charge in [0.2, 0.25) is 5.91 Å². The highest BCUT2D eigenvalue weighted by Gasteiger charge is 2.10. The zero-order valence-electron chi connectivity index (χ0n) is 7.75. The van der Waals surface area contributed by atoms with Gasteiger partial charge in [0.15, 0.2) is 0 Å². The highest BCUT2D eigenvalue weighted by Crippen LogP contribution is 2.27. The maximum absolute atomic E-state index is 10.9. The molecular weight excluding hydrogens is 180 g/mol. The van der Waals surface area contributed by atoms with Crippen LogP contribution in [0.4, 0.5) is 5.69 Å². The monoisotopic (exact) mass is 192 g/mol. The maximum Gasteiger partial charge on any atom is 0.248 e. The first kappa shape index (κ1) is 8.87. The van der Waals surface area contributed by atoms with E-state index in [-0.39, 0.29) is 0 Å². The summed E-state index contributed by atoms with van der Waals surface area (Å²) in [5, 5.41) is 3.19. The van der Waals surface area contributed by atoms with Gasteiger partial charge in [-0.2, -0.15) is 0 Å². The number of hydrogen-bond donors (Lipinski definition) is 2. The minimum absolute atomic E-state index is 0.418. The van der Waals surface area contributed by atoms with Gasteiger partial charge in [0.05, 0.1) is 12.3 Å². The van der Waals surface area contributed by atoms with Gasteiger partial charge in [-0.1, -0.05) is 0 Å². The molecule has 0 bridgehead atoms. The number of nitrogens with one attached hydrogen (secondary N) is 1. The number of benzene rings is 1. The molecular formula is C10H12N2O2. The van der Waals surface area contributed by atoms with Gasteiger partial charge in [-0.3, -0.25) is 4.79 Å². The first-order valence-corrected chi connectivity index (χ1v) is 4.58. The Morgan fingerprint density at radius 2 is 2.36 bits per heavy atom. The van der Waals surface area contributed by atoms with Gasteiger partial charge in [0.25, 0.3) is 0 Å². The lowest BCUT2D eigenvalue weighted by atomic mass is 10.2. The maximum atomic E-state index is 10.9. The molecule has 3 N–H and O–H groups in total. The van der Waals surface area contributed by atoms with Crippen molar-refractivity contribution in [3.8, 4) is 5.75 Å². The lowest BCUT2D eigenvalue weighted by Crippen LogP contribution is -2.11. The molecule has 0 aromatic heterocycles. The lowest BCUT2D eigenvalue weighted by Gasteiger charge is -2.08. The highest BCUT2D eigenvalue weighted by atomic mass is 16.5. The lowest BCUT2D eigenvalue weighted by molar-refractivity contribution is 0.100. The summed E-state index contributed by atoms with van der Waals surface area (Å²) >= 11 is 0. The number of nitrogens with two attached hydrogens (primary N) is 1. The zero-order valence-corrected chi connectivity index (χ0v) is 7.75. The van der Waals surface area contributed by atoms with E-state index in [0.29, 0.717) is 12.2 Å². The zero-order chi connectivity index (χ0) is 9.97. The number of amides is 1. The molecule has 0 spiro atoms. The van der Waals surface area contributed by atoms with Crippen molar-refractivity contribution in [2.45, 2.75) is 6.42 Å². The molecule has 0 saturated carbocycles. The molecule has 1 amide bonds. The van der Waals surface area contributed by atoms with Crippen molar-refractivity contribution in [2.24, 2.45) is 5.73 Å². The van der Waals surface area contributed by atoms with Crippen molar-refractivity contribution < 1.29 is 9.53 Å². The molecule has 0 unspecified atom stereocenters. The van der Waals surface area contributed by atoms with E-state index in [9.17, 15) is 4.79 Å². The predicted molar refractivity (Wildman–Crippen MR) is 53.6 cm³/mol. The van der Waals surface area contributed by atoms with Crippen LogP contribution >= 0.6 is 0 Å². The second kappa shape index (κ2) is 3.57. The fraction of sp³-hybridized carbons (Fsp3) is 0.300. The van der Waals surface area contributed by atoms with E-state index in [0.717, 1.165) is 24.4 Å². The molecule has 1 aromatic rings. The molecule has 0 fully saturated rings. The smallest absolute Gasteiger partial charge is 0.248 e. The molecule has 0 aliphatic carbocycles.